The molecule has 6 nitrogen and oxygen atoms in total. The van der Waals surface area contributed by atoms with Crippen LogP contribution in [0.25, 0.3) is 11.5 Å². The van der Waals surface area contributed by atoms with Crippen molar-refractivity contribution in [1.82, 2.24) is 10.2 Å². The van der Waals surface area contributed by atoms with Gasteiger partial charge in [0.05, 0.1) is 0 Å². The highest BCUT2D eigenvalue weighted by Gasteiger charge is 2.34. The van der Waals surface area contributed by atoms with E-state index in [1.165, 1.54) is 6.39 Å². The number of benzene rings is 1. The van der Waals surface area contributed by atoms with E-state index in [1.807, 2.05) is 18.2 Å². The number of amides is 1. The number of nitrogens with one attached hydrogen (secondary N) is 1. The number of nitrogens with two attached hydrogens (primary N) is 1. The Balaban J connectivity index is 1.68. The van der Waals surface area contributed by atoms with Gasteiger partial charge in [-0.2, -0.15) is 0 Å². The highest BCUT2D eigenvalue weighted by Crippen LogP contribution is 2.32. The van der Waals surface area contributed by atoms with Crippen LogP contribution in [0.4, 0.5) is 5.69 Å². The summed E-state index contributed by atoms with van der Waals surface area (Å²) in [5, 5.41) is 10.3. The minimum absolute atomic E-state index is 0.0603. The van der Waals surface area contributed by atoms with Crippen LogP contribution in [0.15, 0.2) is 35.1 Å². The molecule has 1 amide bonds. The third kappa shape index (κ3) is 2.70. The van der Waals surface area contributed by atoms with Crippen molar-refractivity contribution in [2.24, 2.45) is 5.73 Å². The van der Waals surface area contributed by atoms with Gasteiger partial charge in [-0.15, -0.1) is 10.2 Å². The molecule has 20 heavy (non-hydrogen) atoms. The van der Waals surface area contributed by atoms with Crippen molar-refractivity contribution in [3.8, 4) is 11.5 Å². The second kappa shape index (κ2) is 5.05. The number of carbonyl (C=O) groups excluding carboxylic acids is 1. The summed E-state index contributed by atoms with van der Waals surface area (Å²) in [4.78, 5) is 12.0. The number of carbonyl (C=O) groups is 1. The summed E-state index contributed by atoms with van der Waals surface area (Å²) in [7, 11) is 0. The van der Waals surface area contributed by atoms with Crippen LogP contribution in [0.2, 0.25) is 0 Å². The highest BCUT2D eigenvalue weighted by atomic mass is 16.4. The van der Waals surface area contributed by atoms with E-state index >= 15 is 0 Å². The summed E-state index contributed by atoms with van der Waals surface area (Å²) in [6, 6.07) is 7.30. The summed E-state index contributed by atoms with van der Waals surface area (Å²) < 4.78 is 5.13. The van der Waals surface area contributed by atoms with Gasteiger partial charge in [-0.1, -0.05) is 6.07 Å². The molecule has 2 aromatic rings. The molecule has 1 saturated carbocycles. The highest BCUT2D eigenvalue weighted by molar-refractivity contribution is 5.92. The lowest BCUT2D eigenvalue weighted by atomic mass is 9.75. The average Bonchev–Trinajstić information content (AvgIpc) is 2.91. The number of rotatable bonds is 4. The molecule has 0 spiro atoms. The van der Waals surface area contributed by atoms with E-state index in [0.717, 1.165) is 24.8 Å². The normalized spacial score (nSPS) is 16.4. The fourth-order valence-electron chi connectivity index (χ4n) is 2.36. The first kappa shape index (κ1) is 12.8. The van der Waals surface area contributed by atoms with Gasteiger partial charge in [-0.25, -0.2) is 0 Å². The lowest BCUT2D eigenvalue weighted by Crippen LogP contribution is -2.48. The molecule has 1 fully saturated rings. The van der Waals surface area contributed by atoms with E-state index in [1.54, 1.807) is 6.07 Å². The molecule has 0 saturated heterocycles. The third-order valence-corrected chi connectivity index (χ3v) is 3.62. The van der Waals surface area contributed by atoms with Crippen LogP contribution in [-0.4, -0.2) is 21.6 Å². The van der Waals surface area contributed by atoms with Crippen LogP contribution >= 0.6 is 0 Å². The Hall–Kier alpha value is -2.21. The fourth-order valence-corrected chi connectivity index (χ4v) is 2.36. The molecule has 3 rings (SSSR count). The molecule has 0 aliphatic heterocycles. The molecule has 1 aliphatic rings. The number of anilines is 1. The lowest BCUT2D eigenvalue weighted by molar-refractivity contribution is -0.118. The van der Waals surface area contributed by atoms with E-state index in [4.69, 9.17) is 10.2 Å². The molecular weight excluding hydrogens is 256 g/mol. The van der Waals surface area contributed by atoms with Crippen LogP contribution in [0, 0.1) is 0 Å². The standard InChI is InChI=1S/C14H16N4O2/c15-14(5-2-6-14)8-12(19)17-11-4-1-3-10(7-11)13-18-16-9-20-13/h1,3-4,7,9H,2,5-6,8,15H2,(H,17,19). The van der Waals surface area contributed by atoms with Gasteiger partial charge in [0.25, 0.3) is 0 Å². The van der Waals surface area contributed by atoms with Gasteiger partial charge in [0.2, 0.25) is 18.2 Å². The Morgan fingerprint density at radius 1 is 1.45 bits per heavy atom. The smallest absolute Gasteiger partial charge is 0.247 e. The van der Waals surface area contributed by atoms with Crippen molar-refractivity contribution in [3.05, 3.63) is 30.7 Å². The van der Waals surface area contributed by atoms with Gasteiger partial charge >= 0.3 is 0 Å². The molecule has 0 bridgehead atoms. The van der Waals surface area contributed by atoms with E-state index in [0.29, 0.717) is 18.0 Å². The largest absolute Gasteiger partial charge is 0.423 e. The Labute approximate surface area is 116 Å². The zero-order valence-electron chi connectivity index (χ0n) is 11.0. The van der Waals surface area contributed by atoms with Gasteiger partial charge in [0.1, 0.15) is 0 Å². The van der Waals surface area contributed by atoms with Crippen molar-refractivity contribution in [1.29, 1.82) is 0 Å². The van der Waals surface area contributed by atoms with Crippen molar-refractivity contribution >= 4 is 11.6 Å². The maximum absolute atomic E-state index is 12.0. The van der Waals surface area contributed by atoms with Crippen LogP contribution < -0.4 is 11.1 Å². The number of nitrogens with zero attached hydrogens (tertiary/aromatic N) is 2. The molecule has 1 aromatic heterocycles. The molecule has 3 N–H and O–H groups in total. The van der Waals surface area contributed by atoms with Crippen LogP contribution in [-0.2, 0) is 4.79 Å². The maximum Gasteiger partial charge on any atom is 0.247 e. The first-order valence-corrected chi connectivity index (χ1v) is 6.60. The second-order valence-electron chi connectivity index (χ2n) is 5.27. The SMILES string of the molecule is NC1(CC(=O)Nc2cccc(-c3nnco3)c2)CCC1. The molecule has 1 heterocycles. The van der Waals surface area contributed by atoms with Gasteiger partial charge in [-0.3, -0.25) is 4.79 Å². The van der Waals surface area contributed by atoms with Crippen LogP contribution in [0.5, 0.6) is 0 Å². The number of hydrogen-bond acceptors (Lipinski definition) is 5. The third-order valence-electron chi connectivity index (χ3n) is 3.62. The van der Waals surface area contributed by atoms with Crippen molar-refractivity contribution in [3.63, 3.8) is 0 Å². The minimum Gasteiger partial charge on any atom is -0.423 e. The van der Waals surface area contributed by atoms with E-state index in [2.05, 4.69) is 15.5 Å². The topological polar surface area (TPSA) is 94.0 Å². The summed E-state index contributed by atoms with van der Waals surface area (Å²) in [6.07, 6.45) is 4.58. The van der Waals surface area contributed by atoms with E-state index in [-0.39, 0.29) is 11.4 Å². The number of hydrogen-bond donors (Lipinski definition) is 2. The number of aromatic nitrogens is 2. The predicted octanol–water partition coefficient (Wildman–Crippen LogP) is 1.95. The second-order valence-corrected chi connectivity index (χ2v) is 5.27. The molecule has 1 aliphatic carbocycles. The maximum atomic E-state index is 12.0. The first-order chi connectivity index (χ1) is 9.65. The molecule has 6 heteroatoms. The Kier molecular flexibility index (Phi) is 3.23. The Bertz CT molecular complexity index is 605. The summed E-state index contributed by atoms with van der Waals surface area (Å²) in [5.74, 6) is 0.366. The molecule has 1 aromatic carbocycles. The van der Waals surface area contributed by atoms with Crippen molar-refractivity contribution in [2.75, 3.05) is 5.32 Å². The van der Waals surface area contributed by atoms with Gasteiger partial charge in [0.15, 0.2) is 0 Å². The van der Waals surface area contributed by atoms with Gasteiger partial charge < -0.3 is 15.5 Å². The molecule has 0 radical (unpaired) electrons. The average molecular weight is 272 g/mol. The van der Waals surface area contributed by atoms with Crippen molar-refractivity contribution in [2.45, 2.75) is 31.2 Å². The lowest BCUT2D eigenvalue weighted by Gasteiger charge is -2.37. The Morgan fingerprint density at radius 2 is 2.30 bits per heavy atom. The van der Waals surface area contributed by atoms with Crippen LogP contribution in [0.1, 0.15) is 25.7 Å². The molecular formula is C14H16N4O2. The first-order valence-electron chi connectivity index (χ1n) is 6.60. The van der Waals surface area contributed by atoms with E-state index in [9.17, 15) is 4.79 Å². The molecule has 0 atom stereocenters. The van der Waals surface area contributed by atoms with Crippen LogP contribution in [0.3, 0.4) is 0 Å². The zero-order chi connectivity index (χ0) is 14.0. The predicted molar refractivity (Wildman–Crippen MR) is 73.8 cm³/mol. The van der Waals surface area contributed by atoms with E-state index < -0.39 is 0 Å². The molecule has 104 valence electrons. The monoisotopic (exact) mass is 272 g/mol. The van der Waals surface area contributed by atoms with Gasteiger partial charge in [-0.05, 0) is 37.5 Å². The quantitative estimate of drug-likeness (QED) is 0.887. The minimum atomic E-state index is -0.311. The summed E-state index contributed by atoms with van der Waals surface area (Å²) >= 11 is 0. The summed E-state index contributed by atoms with van der Waals surface area (Å²) in [5.41, 5.74) is 7.23. The Morgan fingerprint density at radius 3 is 2.95 bits per heavy atom. The summed E-state index contributed by atoms with van der Waals surface area (Å²) in [6.45, 7) is 0. The fraction of sp³-hybridized carbons (Fsp3) is 0.357. The zero-order valence-corrected chi connectivity index (χ0v) is 11.0. The van der Waals surface area contributed by atoms with Crippen molar-refractivity contribution < 1.29 is 9.21 Å². The molecule has 0 unspecified atom stereocenters. The van der Waals surface area contributed by atoms with Gasteiger partial charge in [0, 0.05) is 23.2 Å².